The molecule has 0 bridgehead atoms. The van der Waals surface area contributed by atoms with E-state index in [0.29, 0.717) is 30.1 Å². The van der Waals surface area contributed by atoms with E-state index < -0.39 is 0 Å². The van der Waals surface area contributed by atoms with Crippen LogP contribution < -0.4 is 14.5 Å². The van der Waals surface area contributed by atoms with Crippen LogP contribution in [0, 0.1) is 6.92 Å². The number of hydrazone groups is 1. The summed E-state index contributed by atoms with van der Waals surface area (Å²) in [6.45, 7) is 2.80. The Hall–Kier alpha value is -3.48. The summed E-state index contributed by atoms with van der Waals surface area (Å²) in [5, 5.41) is 5.75. The molecule has 0 fully saturated rings. The van der Waals surface area contributed by atoms with Gasteiger partial charge in [0.15, 0.2) is 17.3 Å². The van der Waals surface area contributed by atoms with Gasteiger partial charge in [-0.2, -0.15) is 5.10 Å². The van der Waals surface area contributed by atoms with E-state index in [0.717, 1.165) is 34.6 Å². The topological polar surface area (TPSA) is 80.6 Å². The third-order valence-electron chi connectivity index (χ3n) is 5.52. The molecule has 0 N–H and O–H groups in total. The first kappa shape index (κ1) is 18.5. The number of Topliss-reactive ketones (excluding diaryl/α,β-unsaturated/α-hetero) is 1. The van der Waals surface area contributed by atoms with Crippen molar-refractivity contribution in [2.24, 2.45) is 10.1 Å². The minimum Gasteiger partial charge on any atom is -0.454 e. The van der Waals surface area contributed by atoms with Crippen molar-refractivity contribution < 1.29 is 19.1 Å². The molecule has 0 saturated heterocycles. The van der Waals surface area contributed by atoms with Crippen LogP contribution in [0.3, 0.4) is 0 Å². The lowest BCUT2D eigenvalue weighted by Gasteiger charge is -2.24. The summed E-state index contributed by atoms with van der Waals surface area (Å²) in [7, 11) is 0. The molecule has 0 saturated carbocycles. The molecule has 2 aromatic rings. The third kappa shape index (κ3) is 3.36. The van der Waals surface area contributed by atoms with E-state index in [-0.39, 0.29) is 31.3 Å². The van der Waals surface area contributed by atoms with Gasteiger partial charge >= 0.3 is 0 Å². The maximum absolute atomic E-state index is 13.1. The average Bonchev–Trinajstić information content (AvgIpc) is 3.20. The summed E-state index contributed by atoms with van der Waals surface area (Å²) in [5.41, 5.74) is 4.90. The highest BCUT2D eigenvalue weighted by atomic mass is 16.7. The number of anilines is 1. The number of amides is 1. The number of hydrogen-bond donors (Lipinski definition) is 0. The predicted octanol–water partition coefficient (Wildman–Crippen LogP) is 3.21. The molecule has 30 heavy (non-hydrogen) atoms. The van der Waals surface area contributed by atoms with Gasteiger partial charge in [-0.15, -0.1) is 0 Å². The zero-order valence-corrected chi connectivity index (χ0v) is 16.7. The number of benzene rings is 2. The second-order valence-electron chi connectivity index (χ2n) is 7.63. The number of ether oxygens (including phenoxy) is 2. The highest BCUT2D eigenvalue weighted by molar-refractivity contribution is 6.44. The Labute approximate surface area is 174 Å². The van der Waals surface area contributed by atoms with Crippen LogP contribution in [0.25, 0.3) is 0 Å². The number of nitrogens with zero attached hydrogens (tertiary/aromatic N) is 3. The van der Waals surface area contributed by atoms with Crippen LogP contribution in [-0.2, 0) is 16.0 Å². The van der Waals surface area contributed by atoms with Gasteiger partial charge in [0.2, 0.25) is 12.7 Å². The summed E-state index contributed by atoms with van der Waals surface area (Å²) < 4.78 is 11.0. The van der Waals surface area contributed by atoms with Gasteiger partial charge < -0.3 is 9.47 Å². The fourth-order valence-corrected chi connectivity index (χ4v) is 3.98. The third-order valence-corrected chi connectivity index (χ3v) is 5.52. The number of aliphatic imine (C=N–C) groups is 1. The van der Waals surface area contributed by atoms with Gasteiger partial charge in [-0.25, -0.2) is 5.01 Å². The second-order valence-corrected chi connectivity index (χ2v) is 7.63. The van der Waals surface area contributed by atoms with E-state index in [1.165, 1.54) is 5.01 Å². The molecule has 5 rings (SSSR count). The molecule has 0 atom stereocenters. The van der Waals surface area contributed by atoms with Crippen LogP contribution in [0.5, 0.6) is 11.5 Å². The van der Waals surface area contributed by atoms with Crippen molar-refractivity contribution >= 4 is 28.8 Å². The first-order chi connectivity index (χ1) is 14.6. The molecule has 0 aliphatic carbocycles. The first-order valence-corrected chi connectivity index (χ1v) is 10.0. The lowest BCUT2D eigenvalue weighted by atomic mass is 9.92. The van der Waals surface area contributed by atoms with Gasteiger partial charge in [0.1, 0.15) is 5.71 Å². The molecule has 7 nitrogen and oxygen atoms in total. The van der Waals surface area contributed by atoms with Gasteiger partial charge in [0, 0.05) is 24.9 Å². The predicted molar refractivity (Wildman–Crippen MR) is 113 cm³/mol. The second kappa shape index (κ2) is 7.40. The molecule has 0 unspecified atom stereocenters. The van der Waals surface area contributed by atoms with Crippen molar-refractivity contribution in [3.05, 3.63) is 53.1 Å². The maximum atomic E-state index is 13.1. The normalized spacial score (nSPS) is 17.4. The molecule has 7 heteroatoms. The van der Waals surface area contributed by atoms with Crippen molar-refractivity contribution in [1.29, 1.82) is 0 Å². The van der Waals surface area contributed by atoms with E-state index in [9.17, 15) is 9.59 Å². The average molecular weight is 403 g/mol. The fourth-order valence-electron chi connectivity index (χ4n) is 3.98. The van der Waals surface area contributed by atoms with E-state index in [2.05, 4.69) is 10.1 Å². The summed E-state index contributed by atoms with van der Waals surface area (Å²) in [4.78, 5) is 30.0. The number of aryl methyl sites for hydroxylation is 1. The van der Waals surface area contributed by atoms with E-state index in [4.69, 9.17) is 9.47 Å². The van der Waals surface area contributed by atoms with Crippen LogP contribution in [0.2, 0.25) is 0 Å². The molecule has 3 aliphatic rings. The summed E-state index contributed by atoms with van der Waals surface area (Å²) >= 11 is 0. The van der Waals surface area contributed by atoms with Gasteiger partial charge in [-0.05, 0) is 48.7 Å². The number of rotatable bonds is 4. The van der Waals surface area contributed by atoms with Gasteiger partial charge in [0.25, 0.3) is 0 Å². The molecule has 0 spiro atoms. The zero-order valence-electron chi connectivity index (χ0n) is 16.7. The minimum atomic E-state index is -0.107. The molecule has 3 heterocycles. The molecule has 152 valence electrons. The van der Waals surface area contributed by atoms with Crippen LogP contribution in [0.4, 0.5) is 5.69 Å². The summed E-state index contributed by atoms with van der Waals surface area (Å²) in [6, 6.07) is 11.4. The van der Waals surface area contributed by atoms with Crippen molar-refractivity contribution in [3.63, 3.8) is 0 Å². The van der Waals surface area contributed by atoms with E-state index >= 15 is 0 Å². The van der Waals surface area contributed by atoms with Gasteiger partial charge in [-0.3, -0.25) is 14.6 Å². The van der Waals surface area contributed by atoms with Gasteiger partial charge in [0.05, 0.1) is 17.8 Å². The monoisotopic (exact) mass is 403 g/mol. The zero-order chi connectivity index (χ0) is 20.7. The van der Waals surface area contributed by atoms with Crippen LogP contribution in [0.1, 0.15) is 36.0 Å². The van der Waals surface area contributed by atoms with Crippen LogP contribution in [-0.4, -0.2) is 36.5 Å². The Morgan fingerprint density at radius 1 is 1.10 bits per heavy atom. The number of ketones is 1. The van der Waals surface area contributed by atoms with Crippen molar-refractivity contribution in [2.45, 2.75) is 32.6 Å². The molecule has 0 aromatic heterocycles. The number of carbonyl (C=O) groups excluding carboxylic acids is 2. The molecular formula is C23H21N3O4. The van der Waals surface area contributed by atoms with Crippen molar-refractivity contribution in [3.8, 4) is 11.5 Å². The molecular weight excluding hydrogens is 382 g/mol. The number of carbonyl (C=O) groups is 2. The van der Waals surface area contributed by atoms with Gasteiger partial charge in [-0.1, -0.05) is 12.1 Å². The summed E-state index contributed by atoms with van der Waals surface area (Å²) in [5.74, 6) is 1.21. The van der Waals surface area contributed by atoms with E-state index in [1.54, 1.807) is 0 Å². The van der Waals surface area contributed by atoms with Crippen molar-refractivity contribution in [2.75, 3.05) is 18.3 Å². The standard InChI is InChI=1S/C23H21N3O4/c1-14-3-2-4-16(9-14)26-23(28)6-5-18(25-26)20(27)12-19-17-11-22-21(29-13-30-22)10-15(17)7-8-24-19/h2-4,9-11H,5-8,12-13H2,1H3. The fraction of sp³-hybridized carbons (Fsp3) is 0.304. The Kier molecular flexibility index (Phi) is 4.58. The highest BCUT2D eigenvalue weighted by Gasteiger charge is 2.28. The van der Waals surface area contributed by atoms with E-state index in [1.807, 2.05) is 43.3 Å². The highest BCUT2D eigenvalue weighted by Crippen LogP contribution is 2.36. The summed E-state index contributed by atoms with van der Waals surface area (Å²) in [6.07, 6.45) is 1.57. The maximum Gasteiger partial charge on any atom is 0.247 e. The lowest BCUT2D eigenvalue weighted by Crippen LogP contribution is -2.35. The lowest BCUT2D eigenvalue weighted by molar-refractivity contribution is -0.118. The van der Waals surface area contributed by atoms with Crippen LogP contribution in [0.15, 0.2) is 46.5 Å². The minimum absolute atomic E-state index is 0.106. The Morgan fingerprint density at radius 3 is 2.77 bits per heavy atom. The Morgan fingerprint density at radius 2 is 1.93 bits per heavy atom. The SMILES string of the molecule is Cc1cccc(N2N=C(C(=O)CC3=NCCc4cc5c(cc43)OCO5)CCC2=O)c1. The molecule has 1 amide bonds. The smallest absolute Gasteiger partial charge is 0.247 e. The van der Waals surface area contributed by atoms with Crippen LogP contribution >= 0.6 is 0 Å². The Bertz CT molecular complexity index is 1120. The first-order valence-electron chi connectivity index (χ1n) is 10.0. The Balaban J connectivity index is 1.40. The number of hydrogen-bond acceptors (Lipinski definition) is 6. The molecule has 0 radical (unpaired) electrons. The van der Waals surface area contributed by atoms with Crippen molar-refractivity contribution in [1.82, 2.24) is 0 Å². The quantitative estimate of drug-likeness (QED) is 0.785. The number of fused-ring (bicyclic) bond motifs is 2. The molecule has 2 aromatic carbocycles. The molecule has 3 aliphatic heterocycles. The largest absolute Gasteiger partial charge is 0.454 e.